The van der Waals surface area contributed by atoms with Crippen LogP contribution in [0.1, 0.15) is 25.5 Å². The molecule has 2 unspecified atom stereocenters. The van der Waals surface area contributed by atoms with E-state index in [-0.39, 0.29) is 11.8 Å². The van der Waals surface area contributed by atoms with E-state index in [2.05, 4.69) is 4.90 Å². The zero-order valence-electron chi connectivity index (χ0n) is 13.8. The van der Waals surface area contributed by atoms with Crippen molar-refractivity contribution in [3.8, 4) is 0 Å². The van der Waals surface area contributed by atoms with E-state index in [0.29, 0.717) is 18.2 Å². The molecule has 0 radical (unpaired) electrons. The number of benzene rings is 2. The van der Waals surface area contributed by atoms with Crippen LogP contribution in [0.3, 0.4) is 0 Å². The summed E-state index contributed by atoms with van der Waals surface area (Å²) in [5, 5.41) is 0.681. The van der Waals surface area contributed by atoms with Gasteiger partial charge in [-0.15, -0.1) is 0 Å². The van der Waals surface area contributed by atoms with Gasteiger partial charge >= 0.3 is 7.60 Å². The summed E-state index contributed by atoms with van der Waals surface area (Å²) in [7, 11) is -3.24. The second-order valence-corrected chi connectivity index (χ2v) is 8.09. The molecule has 1 aliphatic rings. The minimum absolute atomic E-state index is 0.0476. The molecule has 2 atom stereocenters. The first kappa shape index (κ1) is 17.5. The first-order valence-electron chi connectivity index (χ1n) is 8.08. The fourth-order valence-corrected chi connectivity index (χ4v) is 5.39. The van der Waals surface area contributed by atoms with Gasteiger partial charge < -0.3 is 13.9 Å². The summed E-state index contributed by atoms with van der Waals surface area (Å²) >= 11 is 6.00. The number of rotatable bonds is 7. The van der Waals surface area contributed by atoms with Gasteiger partial charge in [0.15, 0.2) is 5.78 Å². The Bertz CT molecular complexity index is 713. The quantitative estimate of drug-likeness (QED) is 0.480. The summed E-state index contributed by atoms with van der Waals surface area (Å²) < 4.78 is 24.5. The summed E-state index contributed by atoms with van der Waals surface area (Å²) in [6, 6.07) is 17.5. The Labute approximate surface area is 147 Å². The zero-order chi connectivity index (χ0) is 17.2. The number of halogens is 1. The van der Waals surface area contributed by atoms with Crippen molar-refractivity contribution in [2.75, 3.05) is 18.1 Å². The molecule has 1 saturated heterocycles. The van der Waals surface area contributed by atoms with Crippen molar-refractivity contribution in [1.29, 1.82) is 0 Å². The lowest BCUT2D eigenvalue weighted by Gasteiger charge is -2.17. The van der Waals surface area contributed by atoms with Crippen molar-refractivity contribution in [2.24, 2.45) is 0 Å². The summed E-state index contributed by atoms with van der Waals surface area (Å²) in [6.45, 7) is 4.36. The van der Waals surface area contributed by atoms with E-state index >= 15 is 0 Å². The van der Waals surface area contributed by atoms with Gasteiger partial charge in [-0.2, -0.15) is 0 Å². The van der Waals surface area contributed by atoms with Crippen LogP contribution < -0.4 is 4.90 Å². The SMILES string of the molecule is CCOP(=O)(OCC)C1C(c2ccc(Cl)cc2)N1c1ccccc1. The molecule has 0 aliphatic carbocycles. The first-order valence-corrected chi connectivity index (χ1v) is 10.1. The lowest BCUT2D eigenvalue weighted by atomic mass is 10.1. The standard InChI is InChI=1S/C18H21ClNO3P/c1-3-22-24(21,23-4-2)18-17(14-10-12-15(19)13-11-14)20(18)16-8-6-5-7-9-16/h5-13,17-18H,3-4H2,1-2H3. The third-order valence-electron chi connectivity index (χ3n) is 3.99. The number of hydrogen-bond donors (Lipinski definition) is 0. The maximum atomic E-state index is 13.3. The Morgan fingerprint density at radius 2 is 1.58 bits per heavy atom. The summed E-state index contributed by atoms with van der Waals surface area (Å²) in [5.74, 6) is -0.319. The van der Waals surface area contributed by atoms with Crippen molar-refractivity contribution in [3.63, 3.8) is 0 Å². The highest BCUT2D eigenvalue weighted by Crippen LogP contribution is 2.68. The van der Waals surface area contributed by atoms with E-state index < -0.39 is 7.60 Å². The molecule has 4 nitrogen and oxygen atoms in total. The van der Waals surface area contributed by atoms with Gasteiger partial charge in [0.1, 0.15) is 0 Å². The van der Waals surface area contributed by atoms with E-state index in [1.807, 2.05) is 68.4 Å². The van der Waals surface area contributed by atoms with Crippen LogP contribution in [0.25, 0.3) is 0 Å². The molecule has 2 aromatic rings. The summed E-state index contributed by atoms with van der Waals surface area (Å²) in [6.07, 6.45) is 0. The minimum Gasteiger partial charge on any atom is -0.345 e. The molecular weight excluding hydrogens is 345 g/mol. The molecule has 0 spiro atoms. The highest BCUT2D eigenvalue weighted by atomic mass is 35.5. The molecule has 0 saturated carbocycles. The van der Waals surface area contributed by atoms with Gasteiger partial charge in [-0.1, -0.05) is 41.9 Å². The monoisotopic (exact) mass is 365 g/mol. The second-order valence-electron chi connectivity index (χ2n) is 5.53. The Morgan fingerprint density at radius 3 is 2.12 bits per heavy atom. The summed E-state index contributed by atoms with van der Waals surface area (Å²) in [5.41, 5.74) is 2.05. The largest absolute Gasteiger partial charge is 0.355 e. The number of para-hydroxylation sites is 1. The Hall–Kier alpha value is -1.32. The third kappa shape index (κ3) is 3.38. The average Bonchev–Trinajstić information content (AvgIpc) is 3.33. The van der Waals surface area contributed by atoms with Gasteiger partial charge in [0.2, 0.25) is 0 Å². The predicted molar refractivity (Wildman–Crippen MR) is 97.8 cm³/mol. The van der Waals surface area contributed by atoms with E-state index in [1.54, 1.807) is 0 Å². The van der Waals surface area contributed by atoms with Crippen molar-refractivity contribution in [2.45, 2.75) is 25.7 Å². The molecule has 0 aromatic heterocycles. The van der Waals surface area contributed by atoms with Crippen LogP contribution in [0.15, 0.2) is 54.6 Å². The Morgan fingerprint density at radius 1 is 1.00 bits per heavy atom. The second kappa shape index (κ2) is 7.28. The molecule has 1 fully saturated rings. The molecular formula is C18H21ClNO3P. The van der Waals surface area contributed by atoms with Crippen molar-refractivity contribution >= 4 is 24.9 Å². The molecule has 3 rings (SSSR count). The fourth-order valence-electron chi connectivity index (χ4n) is 3.00. The molecule has 0 N–H and O–H groups in total. The maximum Gasteiger partial charge on any atom is 0.355 e. The van der Waals surface area contributed by atoms with Crippen LogP contribution in [0.5, 0.6) is 0 Å². The van der Waals surface area contributed by atoms with Crippen molar-refractivity contribution < 1.29 is 13.6 Å². The number of nitrogens with zero attached hydrogens (tertiary/aromatic N) is 1. The molecule has 0 amide bonds. The Balaban J connectivity index is 1.98. The van der Waals surface area contributed by atoms with Crippen LogP contribution in [0.4, 0.5) is 5.69 Å². The van der Waals surface area contributed by atoms with Crippen LogP contribution in [0, 0.1) is 0 Å². The lowest BCUT2D eigenvalue weighted by Crippen LogP contribution is -2.06. The molecule has 24 heavy (non-hydrogen) atoms. The van der Waals surface area contributed by atoms with E-state index in [4.69, 9.17) is 20.6 Å². The normalized spacial score (nSPS) is 20.2. The van der Waals surface area contributed by atoms with Crippen molar-refractivity contribution in [3.05, 3.63) is 65.2 Å². The zero-order valence-corrected chi connectivity index (χ0v) is 15.4. The van der Waals surface area contributed by atoms with Crippen LogP contribution in [-0.4, -0.2) is 19.0 Å². The highest BCUT2D eigenvalue weighted by Gasteiger charge is 2.61. The van der Waals surface area contributed by atoms with Crippen LogP contribution >= 0.6 is 19.2 Å². The van der Waals surface area contributed by atoms with Crippen LogP contribution in [0.2, 0.25) is 5.02 Å². The van der Waals surface area contributed by atoms with E-state index in [1.165, 1.54) is 0 Å². The predicted octanol–water partition coefficient (Wildman–Crippen LogP) is 5.49. The Kier molecular flexibility index (Phi) is 5.31. The highest BCUT2D eigenvalue weighted by molar-refractivity contribution is 7.55. The van der Waals surface area contributed by atoms with Crippen molar-refractivity contribution in [1.82, 2.24) is 0 Å². The molecule has 2 aromatic carbocycles. The number of anilines is 1. The van der Waals surface area contributed by atoms with E-state index in [9.17, 15) is 4.57 Å². The van der Waals surface area contributed by atoms with Gasteiger partial charge in [-0.05, 0) is 43.7 Å². The minimum atomic E-state index is -3.24. The van der Waals surface area contributed by atoms with Gasteiger partial charge in [0.25, 0.3) is 0 Å². The van der Waals surface area contributed by atoms with Gasteiger partial charge in [-0.25, -0.2) is 0 Å². The molecule has 128 valence electrons. The lowest BCUT2D eigenvalue weighted by molar-refractivity contribution is 0.218. The summed E-state index contributed by atoms with van der Waals surface area (Å²) in [4.78, 5) is 2.09. The smallest absolute Gasteiger partial charge is 0.345 e. The van der Waals surface area contributed by atoms with Gasteiger partial charge in [0.05, 0.1) is 19.3 Å². The topological polar surface area (TPSA) is 38.5 Å². The molecule has 1 aliphatic heterocycles. The van der Waals surface area contributed by atoms with Gasteiger partial charge in [-0.3, -0.25) is 4.57 Å². The molecule has 6 heteroatoms. The third-order valence-corrected chi connectivity index (χ3v) is 6.65. The van der Waals surface area contributed by atoms with E-state index in [0.717, 1.165) is 11.3 Å². The number of hydrogen-bond acceptors (Lipinski definition) is 4. The molecule has 0 bridgehead atoms. The molecule has 1 heterocycles. The maximum absolute atomic E-state index is 13.3. The van der Waals surface area contributed by atoms with Crippen LogP contribution in [-0.2, 0) is 13.6 Å². The first-order chi connectivity index (χ1) is 11.6. The van der Waals surface area contributed by atoms with Gasteiger partial charge in [0, 0.05) is 10.7 Å². The fraction of sp³-hybridized carbons (Fsp3) is 0.333. The average molecular weight is 366 g/mol.